The molecule has 0 aliphatic carbocycles. The normalized spacial score (nSPS) is 13.7. The van der Waals surface area contributed by atoms with Crippen LogP contribution in [0, 0.1) is 0 Å². The van der Waals surface area contributed by atoms with Crippen LogP contribution in [0.25, 0.3) is 0 Å². The highest BCUT2D eigenvalue weighted by molar-refractivity contribution is 7.99. The van der Waals surface area contributed by atoms with Gasteiger partial charge in [-0.25, -0.2) is 4.79 Å². The fraction of sp³-hybridized carbons (Fsp3) is 0.333. The summed E-state index contributed by atoms with van der Waals surface area (Å²) in [5.41, 5.74) is 0.634. The van der Waals surface area contributed by atoms with Crippen molar-refractivity contribution in [3.05, 3.63) is 23.8 Å². The molecule has 1 aliphatic rings. The molecule has 0 unspecified atom stereocenters. The lowest BCUT2D eigenvalue weighted by Gasteiger charge is -2.30. The van der Waals surface area contributed by atoms with Crippen LogP contribution in [0.3, 0.4) is 0 Å². The molecule has 96 valence electrons. The van der Waals surface area contributed by atoms with Crippen molar-refractivity contribution in [3.63, 3.8) is 0 Å². The van der Waals surface area contributed by atoms with E-state index < -0.39 is 5.97 Å². The summed E-state index contributed by atoms with van der Waals surface area (Å²) < 4.78 is 5.39. The number of nitrogens with zero attached hydrogens (tertiary/aromatic N) is 1. The number of benzene rings is 1. The Morgan fingerprint density at radius 2 is 2.28 bits per heavy atom. The molecule has 2 rings (SSSR count). The zero-order chi connectivity index (χ0) is 13.1. The number of aromatic carboxylic acids is 1. The lowest BCUT2D eigenvalue weighted by atomic mass is 10.1. The average molecular weight is 267 g/mol. The van der Waals surface area contributed by atoms with Gasteiger partial charge in [-0.2, -0.15) is 11.8 Å². The van der Waals surface area contributed by atoms with Gasteiger partial charge in [-0.15, -0.1) is 0 Å². The molecule has 1 aromatic carbocycles. The van der Waals surface area contributed by atoms with E-state index in [4.69, 9.17) is 9.84 Å². The quantitative estimate of drug-likeness (QED) is 0.898. The number of carbonyl (C=O) groups is 2. The van der Waals surface area contributed by atoms with Crippen molar-refractivity contribution < 1.29 is 19.4 Å². The first-order valence-electron chi connectivity index (χ1n) is 5.43. The summed E-state index contributed by atoms with van der Waals surface area (Å²) in [5.74, 6) is -0.428. The molecule has 0 atom stereocenters. The molecular weight excluding hydrogens is 254 g/mol. The first-order valence-corrected chi connectivity index (χ1v) is 6.83. The summed E-state index contributed by atoms with van der Waals surface area (Å²) in [4.78, 5) is 24.6. The number of hydrogen-bond donors (Lipinski definition) is 1. The van der Waals surface area contributed by atoms with E-state index in [0.29, 0.717) is 24.6 Å². The maximum atomic E-state index is 11.9. The number of carbonyl (C=O) groups excluding carboxylic acids is 1. The number of amides is 1. The minimum atomic E-state index is -1.05. The summed E-state index contributed by atoms with van der Waals surface area (Å²) in [6.45, 7) is 0.771. The summed E-state index contributed by atoms with van der Waals surface area (Å²) >= 11 is 1.44. The van der Waals surface area contributed by atoms with E-state index in [2.05, 4.69) is 0 Å². The van der Waals surface area contributed by atoms with E-state index in [1.165, 1.54) is 17.8 Å². The topological polar surface area (TPSA) is 66.8 Å². The fourth-order valence-electron chi connectivity index (χ4n) is 1.88. The van der Waals surface area contributed by atoms with Crippen LogP contribution < -0.4 is 9.64 Å². The molecule has 0 aromatic heterocycles. The van der Waals surface area contributed by atoms with E-state index in [9.17, 15) is 9.59 Å². The Labute approximate surface area is 109 Å². The van der Waals surface area contributed by atoms with Crippen LogP contribution >= 0.6 is 11.8 Å². The van der Waals surface area contributed by atoms with Gasteiger partial charge in [0.25, 0.3) is 0 Å². The molecule has 6 heteroatoms. The van der Waals surface area contributed by atoms with Crippen molar-refractivity contribution in [1.29, 1.82) is 0 Å². The van der Waals surface area contributed by atoms with Crippen LogP contribution in [0.15, 0.2) is 18.2 Å². The Morgan fingerprint density at radius 1 is 1.50 bits per heavy atom. The van der Waals surface area contributed by atoms with Gasteiger partial charge in [0.15, 0.2) is 5.75 Å². The Hall–Kier alpha value is -1.69. The Balaban J connectivity index is 2.41. The molecule has 0 radical (unpaired) electrons. The van der Waals surface area contributed by atoms with E-state index in [1.54, 1.807) is 17.0 Å². The number of thioether (sulfide) groups is 1. The number of ether oxygens (including phenoxy) is 1. The largest absolute Gasteiger partial charge is 0.489 e. The molecular formula is C12H13NO4S. The lowest BCUT2D eigenvalue weighted by Crippen LogP contribution is -2.39. The molecule has 0 saturated heterocycles. The molecule has 5 nitrogen and oxygen atoms in total. The molecule has 0 fully saturated rings. The van der Waals surface area contributed by atoms with Crippen LogP contribution in [-0.4, -0.2) is 42.1 Å². The van der Waals surface area contributed by atoms with Crippen LogP contribution in [0.1, 0.15) is 10.4 Å². The molecule has 1 aliphatic heterocycles. The number of hydrogen-bond acceptors (Lipinski definition) is 4. The van der Waals surface area contributed by atoms with Gasteiger partial charge in [0, 0.05) is 0 Å². The third kappa shape index (κ3) is 2.28. The summed E-state index contributed by atoms with van der Waals surface area (Å²) in [7, 11) is 0. The van der Waals surface area contributed by atoms with Gasteiger partial charge >= 0.3 is 5.97 Å². The number of carboxylic acid groups (broad SMARTS) is 1. The third-order valence-corrected chi connectivity index (χ3v) is 3.18. The zero-order valence-corrected chi connectivity index (χ0v) is 10.7. The van der Waals surface area contributed by atoms with Gasteiger partial charge in [-0.05, 0) is 18.4 Å². The highest BCUT2D eigenvalue weighted by atomic mass is 32.2. The number of para-hydroxylation sites is 1. The predicted molar refractivity (Wildman–Crippen MR) is 69.6 cm³/mol. The van der Waals surface area contributed by atoms with Gasteiger partial charge in [0.1, 0.15) is 12.2 Å². The highest BCUT2D eigenvalue weighted by Crippen LogP contribution is 2.35. The minimum Gasteiger partial charge on any atom is -0.489 e. The van der Waals surface area contributed by atoms with Gasteiger partial charge in [-0.3, -0.25) is 4.79 Å². The van der Waals surface area contributed by atoms with Crippen molar-refractivity contribution in [3.8, 4) is 5.75 Å². The van der Waals surface area contributed by atoms with E-state index in [1.807, 2.05) is 6.26 Å². The molecule has 18 heavy (non-hydrogen) atoms. The Kier molecular flexibility index (Phi) is 3.76. The molecule has 1 N–H and O–H groups in total. The van der Waals surface area contributed by atoms with E-state index in [0.717, 1.165) is 0 Å². The molecule has 0 saturated carbocycles. The van der Waals surface area contributed by atoms with Crippen molar-refractivity contribution in [2.45, 2.75) is 0 Å². The van der Waals surface area contributed by atoms with Crippen LogP contribution in [-0.2, 0) is 4.79 Å². The van der Waals surface area contributed by atoms with Crippen LogP contribution in [0.5, 0.6) is 5.75 Å². The summed E-state index contributed by atoms with van der Waals surface area (Å²) in [5, 5.41) is 9.08. The summed E-state index contributed by atoms with van der Waals surface area (Å²) in [6, 6.07) is 4.80. The summed E-state index contributed by atoms with van der Waals surface area (Å²) in [6.07, 6.45) is 1.85. The number of fused-ring (bicyclic) bond motifs is 1. The monoisotopic (exact) mass is 267 g/mol. The van der Waals surface area contributed by atoms with E-state index in [-0.39, 0.29) is 17.2 Å². The van der Waals surface area contributed by atoms with Crippen molar-refractivity contribution >= 4 is 29.3 Å². The maximum Gasteiger partial charge on any atom is 0.339 e. The molecule has 1 amide bonds. The molecule has 0 spiro atoms. The average Bonchev–Trinajstić information content (AvgIpc) is 2.37. The van der Waals surface area contributed by atoms with Crippen molar-refractivity contribution in [2.75, 3.05) is 30.1 Å². The molecule has 1 heterocycles. The van der Waals surface area contributed by atoms with Crippen molar-refractivity contribution in [1.82, 2.24) is 0 Å². The second-order valence-corrected chi connectivity index (χ2v) is 4.65. The minimum absolute atomic E-state index is 0.0328. The highest BCUT2D eigenvalue weighted by Gasteiger charge is 2.26. The second-order valence-electron chi connectivity index (χ2n) is 3.79. The van der Waals surface area contributed by atoms with E-state index >= 15 is 0 Å². The van der Waals surface area contributed by atoms with Gasteiger partial charge < -0.3 is 14.7 Å². The lowest BCUT2D eigenvalue weighted by molar-refractivity contribution is -0.116. The number of carboxylic acids is 1. The fourth-order valence-corrected chi connectivity index (χ4v) is 2.28. The standard InChI is InChI=1S/C12H13NO4S/c1-18-7-10(14)13-5-6-17-11-8(12(15)16)3-2-4-9(11)13/h2-4H,5-7H2,1H3,(H,15,16). The van der Waals surface area contributed by atoms with Gasteiger partial charge in [-0.1, -0.05) is 6.07 Å². The van der Waals surface area contributed by atoms with Gasteiger partial charge in [0.2, 0.25) is 5.91 Å². The maximum absolute atomic E-state index is 11.9. The van der Waals surface area contributed by atoms with Crippen LogP contribution in [0.2, 0.25) is 0 Å². The molecule has 0 bridgehead atoms. The SMILES string of the molecule is CSCC(=O)N1CCOc2c(C(=O)O)cccc21. The third-order valence-electron chi connectivity index (χ3n) is 2.65. The van der Waals surface area contributed by atoms with Gasteiger partial charge in [0.05, 0.1) is 18.0 Å². The Bertz CT molecular complexity index is 489. The van der Waals surface area contributed by atoms with Crippen molar-refractivity contribution in [2.24, 2.45) is 0 Å². The molecule has 1 aromatic rings. The first-order chi connectivity index (χ1) is 8.65. The second kappa shape index (κ2) is 5.30. The van der Waals surface area contributed by atoms with Crippen LogP contribution in [0.4, 0.5) is 5.69 Å². The predicted octanol–water partition coefficient (Wildman–Crippen LogP) is 1.47. The first kappa shape index (κ1) is 12.8. The zero-order valence-electron chi connectivity index (χ0n) is 9.88. The number of anilines is 1. The Morgan fingerprint density at radius 3 is 2.94 bits per heavy atom. The smallest absolute Gasteiger partial charge is 0.339 e. The number of rotatable bonds is 3.